The van der Waals surface area contributed by atoms with Crippen LogP contribution in [0.1, 0.15) is 10.4 Å². The smallest absolute Gasteiger partial charge is 0.253 e. The Morgan fingerprint density at radius 3 is 2.41 bits per heavy atom. The Morgan fingerprint density at radius 1 is 1.18 bits per heavy atom. The molecule has 2 aromatic rings. The summed E-state index contributed by atoms with van der Waals surface area (Å²) in [6.07, 6.45) is 0. The van der Waals surface area contributed by atoms with Crippen LogP contribution in [0.2, 0.25) is 0 Å². The third-order valence-electron chi connectivity index (χ3n) is 2.40. The zero-order valence-electron chi connectivity index (χ0n) is 8.94. The number of nitrogens with one attached hydrogen (secondary N) is 1. The lowest BCUT2D eigenvalue weighted by atomic mass is 10.0. The molecular formula is C12H11N3O2. The monoisotopic (exact) mass is 229 g/mol. The number of carbonyl (C=O) groups is 1. The fraction of sp³-hybridized carbons (Fsp3) is 0. The third kappa shape index (κ3) is 2.03. The maximum atomic E-state index is 11.4. The van der Waals surface area contributed by atoms with Crippen LogP contribution >= 0.6 is 0 Å². The fourth-order valence-electron chi connectivity index (χ4n) is 1.69. The molecule has 0 unspecified atom stereocenters. The maximum absolute atomic E-state index is 11.4. The quantitative estimate of drug-likeness (QED) is 0.707. The highest BCUT2D eigenvalue weighted by molar-refractivity contribution is 6.03. The number of benzene rings is 1. The Balaban J connectivity index is 2.77. The van der Waals surface area contributed by atoms with Crippen LogP contribution in [0.3, 0.4) is 0 Å². The molecule has 5 N–H and O–H groups in total. The van der Waals surface area contributed by atoms with Gasteiger partial charge in [-0.15, -0.1) is 0 Å². The number of carbonyl (C=O) groups excluding carboxylic acids is 1. The van der Waals surface area contributed by atoms with Crippen molar-refractivity contribution < 1.29 is 4.79 Å². The molecule has 0 bridgehead atoms. The minimum absolute atomic E-state index is 0.0103. The molecule has 5 heteroatoms. The summed E-state index contributed by atoms with van der Waals surface area (Å²) in [4.78, 5) is 25.1. The van der Waals surface area contributed by atoms with Crippen LogP contribution in [0.25, 0.3) is 11.1 Å². The highest BCUT2D eigenvalue weighted by Crippen LogP contribution is 2.24. The van der Waals surface area contributed by atoms with Gasteiger partial charge in [0.05, 0.1) is 5.56 Å². The first kappa shape index (κ1) is 10.9. The van der Waals surface area contributed by atoms with Crippen LogP contribution in [0.15, 0.2) is 41.2 Å². The minimum Gasteiger partial charge on any atom is -0.385 e. The van der Waals surface area contributed by atoms with Crippen LogP contribution in [-0.2, 0) is 0 Å². The number of nitrogen functional groups attached to an aromatic ring is 1. The van der Waals surface area contributed by atoms with Gasteiger partial charge in [0.15, 0.2) is 0 Å². The van der Waals surface area contributed by atoms with E-state index in [1.54, 1.807) is 24.3 Å². The molecule has 0 radical (unpaired) electrons. The van der Waals surface area contributed by atoms with E-state index in [0.29, 0.717) is 5.56 Å². The van der Waals surface area contributed by atoms with Crippen molar-refractivity contribution in [2.45, 2.75) is 0 Å². The van der Waals surface area contributed by atoms with Crippen molar-refractivity contribution in [1.29, 1.82) is 0 Å². The van der Waals surface area contributed by atoms with Gasteiger partial charge in [0.25, 0.3) is 5.91 Å². The number of aromatic amines is 1. The normalized spacial score (nSPS) is 10.1. The molecule has 86 valence electrons. The lowest BCUT2D eigenvalue weighted by Gasteiger charge is -2.08. The van der Waals surface area contributed by atoms with Gasteiger partial charge in [-0.25, -0.2) is 0 Å². The van der Waals surface area contributed by atoms with Crippen LogP contribution in [0.5, 0.6) is 0 Å². The summed E-state index contributed by atoms with van der Waals surface area (Å²) < 4.78 is 0. The van der Waals surface area contributed by atoms with Gasteiger partial charge in [0, 0.05) is 11.6 Å². The zero-order valence-corrected chi connectivity index (χ0v) is 8.94. The van der Waals surface area contributed by atoms with E-state index in [9.17, 15) is 9.59 Å². The van der Waals surface area contributed by atoms with Crippen LogP contribution in [0.4, 0.5) is 5.82 Å². The summed E-state index contributed by atoms with van der Waals surface area (Å²) in [6, 6.07) is 10.3. The van der Waals surface area contributed by atoms with Gasteiger partial charge >= 0.3 is 0 Å². The largest absolute Gasteiger partial charge is 0.385 e. The van der Waals surface area contributed by atoms with Crippen molar-refractivity contribution in [1.82, 2.24) is 4.98 Å². The maximum Gasteiger partial charge on any atom is 0.253 e. The van der Waals surface area contributed by atoms with Crippen molar-refractivity contribution in [3.8, 4) is 11.1 Å². The van der Waals surface area contributed by atoms with E-state index in [4.69, 9.17) is 11.5 Å². The van der Waals surface area contributed by atoms with E-state index in [-0.39, 0.29) is 16.9 Å². The third-order valence-corrected chi connectivity index (χ3v) is 2.40. The molecule has 17 heavy (non-hydrogen) atoms. The molecule has 1 aromatic carbocycles. The fourth-order valence-corrected chi connectivity index (χ4v) is 1.69. The van der Waals surface area contributed by atoms with Crippen molar-refractivity contribution in [2.75, 3.05) is 5.73 Å². The van der Waals surface area contributed by atoms with E-state index in [2.05, 4.69) is 4.98 Å². The first-order chi connectivity index (χ1) is 8.09. The number of nitrogens with two attached hydrogens (primary N) is 2. The number of hydrogen-bond acceptors (Lipinski definition) is 3. The molecule has 0 aliphatic rings. The molecule has 0 aliphatic heterocycles. The van der Waals surface area contributed by atoms with Gasteiger partial charge in [0.2, 0.25) is 5.56 Å². The molecular weight excluding hydrogens is 218 g/mol. The Morgan fingerprint density at radius 2 is 1.82 bits per heavy atom. The SMILES string of the molecule is NC(=O)c1c(-c2ccccc2)cc(=O)[nH]c1N. The molecule has 0 saturated carbocycles. The van der Waals surface area contributed by atoms with E-state index in [1.165, 1.54) is 6.07 Å². The number of primary amides is 1. The van der Waals surface area contributed by atoms with E-state index in [1.807, 2.05) is 6.07 Å². The van der Waals surface area contributed by atoms with Gasteiger partial charge in [-0.1, -0.05) is 30.3 Å². The van der Waals surface area contributed by atoms with Crippen molar-refractivity contribution in [3.63, 3.8) is 0 Å². The highest BCUT2D eigenvalue weighted by Gasteiger charge is 2.14. The topological polar surface area (TPSA) is 102 Å². The lowest BCUT2D eigenvalue weighted by Crippen LogP contribution is -2.20. The van der Waals surface area contributed by atoms with Crippen LogP contribution in [-0.4, -0.2) is 10.9 Å². The van der Waals surface area contributed by atoms with Crippen molar-refractivity contribution in [2.24, 2.45) is 5.73 Å². The average Bonchev–Trinajstić information content (AvgIpc) is 2.28. The first-order valence-electron chi connectivity index (χ1n) is 4.97. The molecule has 2 rings (SSSR count). The summed E-state index contributed by atoms with van der Waals surface area (Å²) in [5.74, 6) is -0.679. The molecule has 1 aromatic heterocycles. The number of rotatable bonds is 2. The number of amides is 1. The van der Waals surface area contributed by atoms with Crippen LogP contribution in [0, 0.1) is 0 Å². The van der Waals surface area contributed by atoms with Gasteiger partial charge in [-0.05, 0) is 5.56 Å². The highest BCUT2D eigenvalue weighted by atomic mass is 16.1. The molecule has 0 atom stereocenters. The second-order valence-corrected chi connectivity index (χ2v) is 3.57. The number of H-pyrrole nitrogens is 1. The predicted octanol–water partition coefficient (Wildman–Crippen LogP) is 0.723. The molecule has 0 saturated heterocycles. The second-order valence-electron chi connectivity index (χ2n) is 3.57. The van der Waals surface area contributed by atoms with Gasteiger partial charge in [0.1, 0.15) is 5.82 Å². The lowest BCUT2D eigenvalue weighted by molar-refractivity contribution is 0.100. The van der Waals surface area contributed by atoms with E-state index >= 15 is 0 Å². The summed E-state index contributed by atoms with van der Waals surface area (Å²) in [5.41, 5.74) is 11.8. The molecule has 0 spiro atoms. The average molecular weight is 229 g/mol. The number of pyridine rings is 1. The zero-order chi connectivity index (χ0) is 12.4. The summed E-state index contributed by atoms with van der Waals surface area (Å²) in [7, 11) is 0. The Kier molecular flexibility index (Phi) is 2.66. The van der Waals surface area contributed by atoms with Gasteiger partial charge in [-0.2, -0.15) is 0 Å². The molecule has 0 fully saturated rings. The number of aromatic nitrogens is 1. The standard InChI is InChI=1S/C12H11N3O2/c13-11-10(12(14)17)8(6-9(16)15-11)7-4-2-1-3-5-7/h1-6H,(H2,14,17)(H3,13,15,16). The Hall–Kier alpha value is -2.56. The first-order valence-corrected chi connectivity index (χ1v) is 4.97. The summed E-state index contributed by atoms with van der Waals surface area (Å²) in [6.45, 7) is 0. The van der Waals surface area contributed by atoms with Crippen molar-refractivity contribution >= 4 is 11.7 Å². The second kappa shape index (κ2) is 4.13. The van der Waals surface area contributed by atoms with E-state index in [0.717, 1.165) is 5.56 Å². The molecule has 1 heterocycles. The molecule has 5 nitrogen and oxygen atoms in total. The van der Waals surface area contributed by atoms with E-state index < -0.39 is 5.91 Å². The van der Waals surface area contributed by atoms with Gasteiger partial charge in [-0.3, -0.25) is 9.59 Å². The minimum atomic E-state index is -0.669. The number of hydrogen-bond donors (Lipinski definition) is 3. The van der Waals surface area contributed by atoms with Crippen molar-refractivity contribution in [3.05, 3.63) is 52.3 Å². The molecule has 1 amide bonds. The Bertz CT molecular complexity index is 617. The summed E-state index contributed by atoms with van der Waals surface area (Å²) >= 11 is 0. The summed E-state index contributed by atoms with van der Waals surface area (Å²) in [5, 5.41) is 0. The number of anilines is 1. The van der Waals surface area contributed by atoms with Gasteiger partial charge < -0.3 is 16.5 Å². The Labute approximate surface area is 97.1 Å². The molecule has 0 aliphatic carbocycles. The van der Waals surface area contributed by atoms with Crippen LogP contribution < -0.4 is 17.0 Å². The predicted molar refractivity (Wildman–Crippen MR) is 65.4 cm³/mol.